The van der Waals surface area contributed by atoms with E-state index in [1.165, 1.54) is 24.3 Å². The van der Waals surface area contributed by atoms with Gasteiger partial charge in [-0.3, -0.25) is 14.4 Å². The van der Waals surface area contributed by atoms with Gasteiger partial charge in [0, 0.05) is 11.8 Å². The molecule has 0 aliphatic rings. The number of carbonyl (C=O) groups excluding carboxylic acids is 2. The quantitative estimate of drug-likeness (QED) is 0.683. The first-order valence-electron chi connectivity index (χ1n) is 4.81. The van der Waals surface area contributed by atoms with Gasteiger partial charge < -0.3 is 5.73 Å². The zero-order valence-electron chi connectivity index (χ0n) is 9.54. The van der Waals surface area contributed by atoms with Crippen LogP contribution in [0.15, 0.2) is 29.2 Å². The van der Waals surface area contributed by atoms with Crippen LogP contribution in [0, 0.1) is 0 Å². The third-order valence-electron chi connectivity index (χ3n) is 1.90. The molecule has 98 valence electrons. The van der Waals surface area contributed by atoms with Gasteiger partial charge in [-0.05, 0) is 18.2 Å². The van der Waals surface area contributed by atoms with Crippen LogP contribution in [0.5, 0.6) is 0 Å². The van der Waals surface area contributed by atoms with Crippen LogP contribution in [0.2, 0.25) is 0 Å². The summed E-state index contributed by atoms with van der Waals surface area (Å²) in [5.74, 6) is -1.40. The van der Waals surface area contributed by atoms with Crippen molar-refractivity contribution in [3.63, 3.8) is 0 Å². The summed E-state index contributed by atoms with van der Waals surface area (Å²) in [4.78, 5) is 26.4. The Bertz CT molecular complexity index is 567. The van der Waals surface area contributed by atoms with E-state index in [9.17, 15) is 18.0 Å². The van der Waals surface area contributed by atoms with Gasteiger partial charge in [-0.2, -0.15) is 0 Å². The summed E-state index contributed by atoms with van der Waals surface area (Å²) in [5.41, 5.74) is 6.88. The van der Waals surface area contributed by atoms with Gasteiger partial charge >= 0.3 is 0 Å². The van der Waals surface area contributed by atoms with Gasteiger partial charge in [0.15, 0.2) is 16.4 Å². The van der Waals surface area contributed by atoms with E-state index in [0.717, 1.165) is 6.26 Å². The van der Waals surface area contributed by atoms with E-state index in [1.54, 1.807) is 0 Å². The van der Waals surface area contributed by atoms with Crippen LogP contribution in [0.4, 0.5) is 0 Å². The molecule has 0 unspecified atom stereocenters. The van der Waals surface area contributed by atoms with Gasteiger partial charge in [0.25, 0.3) is 5.91 Å². The lowest BCUT2D eigenvalue weighted by Gasteiger charge is -2.05. The Balaban J connectivity index is 2.78. The molecule has 1 aromatic carbocycles. The molecule has 0 aliphatic carbocycles. The fraction of sp³-hybridized carbons (Fsp3) is 0.200. The molecule has 0 saturated carbocycles. The topological polar surface area (TPSA) is 116 Å². The first kappa shape index (κ1) is 14.1. The van der Waals surface area contributed by atoms with Crippen LogP contribution < -0.4 is 11.2 Å². The molecule has 3 N–H and O–H groups in total. The van der Waals surface area contributed by atoms with Crippen LogP contribution >= 0.6 is 0 Å². The van der Waals surface area contributed by atoms with E-state index < -0.39 is 28.3 Å². The second-order valence-electron chi connectivity index (χ2n) is 3.49. The van der Waals surface area contributed by atoms with Gasteiger partial charge in [0.1, 0.15) is 0 Å². The Labute approximate surface area is 104 Å². The summed E-state index contributed by atoms with van der Waals surface area (Å²) in [5, 5.41) is 0. The summed E-state index contributed by atoms with van der Waals surface area (Å²) in [6, 6.07) is 5.42. The average Bonchev–Trinajstić information content (AvgIpc) is 2.27. The van der Waals surface area contributed by atoms with E-state index in [-0.39, 0.29) is 10.5 Å². The zero-order valence-corrected chi connectivity index (χ0v) is 10.4. The first-order chi connectivity index (χ1) is 8.30. The number of hydroxylamine groups is 1. The van der Waals surface area contributed by atoms with Crippen LogP contribution in [-0.2, 0) is 19.5 Å². The van der Waals surface area contributed by atoms with Gasteiger partial charge in [-0.15, -0.1) is 0 Å². The van der Waals surface area contributed by atoms with Crippen LogP contribution in [0.3, 0.4) is 0 Å². The van der Waals surface area contributed by atoms with Crippen molar-refractivity contribution in [3.8, 4) is 0 Å². The highest BCUT2D eigenvalue weighted by Gasteiger charge is 2.11. The number of nitrogens with one attached hydrogen (secondary N) is 1. The summed E-state index contributed by atoms with van der Waals surface area (Å²) < 4.78 is 22.6. The number of hydrogen-bond donors (Lipinski definition) is 2. The fourth-order valence-electron chi connectivity index (χ4n) is 1.10. The maximum absolute atomic E-state index is 11.5. The van der Waals surface area contributed by atoms with E-state index in [1.807, 2.05) is 5.48 Å². The largest absolute Gasteiger partial charge is 0.368 e. The van der Waals surface area contributed by atoms with E-state index >= 15 is 0 Å². The molecule has 8 heteroatoms. The Morgan fingerprint density at radius 1 is 1.39 bits per heavy atom. The molecule has 0 aliphatic heterocycles. The van der Waals surface area contributed by atoms with Crippen molar-refractivity contribution in [1.29, 1.82) is 0 Å². The normalized spacial score (nSPS) is 10.9. The number of carbonyl (C=O) groups is 2. The van der Waals surface area contributed by atoms with Gasteiger partial charge in [0.05, 0.1) is 4.90 Å². The minimum atomic E-state index is -3.39. The minimum Gasteiger partial charge on any atom is -0.368 e. The summed E-state index contributed by atoms with van der Waals surface area (Å²) in [6.07, 6.45) is 1.04. The van der Waals surface area contributed by atoms with Crippen molar-refractivity contribution in [2.24, 2.45) is 5.73 Å². The monoisotopic (exact) mass is 272 g/mol. The van der Waals surface area contributed by atoms with Crippen molar-refractivity contribution < 1.29 is 22.8 Å². The van der Waals surface area contributed by atoms with E-state index in [0.29, 0.717) is 0 Å². The molecule has 2 amide bonds. The Morgan fingerprint density at radius 2 is 2.06 bits per heavy atom. The molecule has 0 bridgehead atoms. The molecule has 1 rings (SSSR count). The first-order valence-corrected chi connectivity index (χ1v) is 6.70. The number of rotatable bonds is 5. The summed E-state index contributed by atoms with van der Waals surface area (Å²) >= 11 is 0. The van der Waals surface area contributed by atoms with Crippen LogP contribution in [-0.4, -0.2) is 33.1 Å². The number of hydrogen-bond acceptors (Lipinski definition) is 5. The molecule has 1 aromatic rings. The highest BCUT2D eigenvalue weighted by atomic mass is 32.2. The second kappa shape index (κ2) is 5.61. The van der Waals surface area contributed by atoms with Crippen molar-refractivity contribution in [2.75, 3.05) is 12.9 Å². The molecule has 7 nitrogen and oxygen atoms in total. The zero-order chi connectivity index (χ0) is 13.8. The van der Waals surface area contributed by atoms with E-state index in [2.05, 4.69) is 4.84 Å². The van der Waals surface area contributed by atoms with Crippen molar-refractivity contribution in [2.45, 2.75) is 4.90 Å². The number of amides is 2. The lowest BCUT2D eigenvalue weighted by molar-refractivity contribution is -0.124. The van der Waals surface area contributed by atoms with Gasteiger partial charge in [0.2, 0.25) is 5.91 Å². The molecule has 18 heavy (non-hydrogen) atoms. The number of nitrogens with two attached hydrogens (primary N) is 1. The van der Waals surface area contributed by atoms with Crippen molar-refractivity contribution >= 4 is 21.7 Å². The van der Waals surface area contributed by atoms with Crippen molar-refractivity contribution in [3.05, 3.63) is 29.8 Å². The second-order valence-corrected chi connectivity index (χ2v) is 5.50. The standard InChI is InChI=1S/C10H12N2O5S/c1-18(15,16)8-4-2-3-7(5-8)10(14)12-17-6-9(11)13/h2-5H,6H2,1H3,(H2,11,13)(H,12,14). The smallest absolute Gasteiger partial charge is 0.274 e. The molecular weight excluding hydrogens is 260 g/mol. The Hall–Kier alpha value is -1.93. The molecule has 0 fully saturated rings. The predicted molar refractivity (Wildman–Crippen MR) is 62.2 cm³/mol. The molecule has 0 atom stereocenters. The molecule has 0 heterocycles. The number of primary amides is 1. The molecule has 0 aromatic heterocycles. The third-order valence-corrected chi connectivity index (χ3v) is 3.01. The molecule has 0 spiro atoms. The number of benzene rings is 1. The minimum absolute atomic E-state index is 0.0186. The number of sulfone groups is 1. The van der Waals surface area contributed by atoms with Crippen LogP contribution in [0.25, 0.3) is 0 Å². The molecule has 0 radical (unpaired) electrons. The SMILES string of the molecule is CS(=O)(=O)c1cccc(C(=O)NOCC(N)=O)c1. The fourth-order valence-corrected chi connectivity index (χ4v) is 1.77. The van der Waals surface area contributed by atoms with Crippen LogP contribution in [0.1, 0.15) is 10.4 Å². The third kappa shape index (κ3) is 4.15. The average molecular weight is 272 g/mol. The maximum Gasteiger partial charge on any atom is 0.274 e. The maximum atomic E-state index is 11.5. The molecule has 0 saturated heterocycles. The highest BCUT2D eigenvalue weighted by Crippen LogP contribution is 2.11. The Morgan fingerprint density at radius 3 is 2.61 bits per heavy atom. The molecular formula is C10H12N2O5S. The lowest BCUT2D eigenvalue weighted by atomic mass is 10.2. The summed E-state index contributed by atoms with van der Waals surface area (Å²) in [6.45, 7) is -0.461. The summed E-state index contributed by atoms with van der Waals surface area (Å²) in [7, 11) is -3.39. The highest BCUT2D eigenvalue weighted by molar-refractivity contribution is 7.90. The van der Waals surface area contributed by atoms with Gasteiger partial charge in [-0.25, -0.2) is 13.9 Å². The van der Waals surface area contributed by atoms with Gasteiger partial charge in [-0.1, -0.05) is 6.07 Å². The lowest BCUT2D eigenvalue weighted by Crippen LogP contribution is -2.29. The van der Waals surface area contributed by atoms with E-state index in [4.69, 9.17) is 5.73 Å². The predicted octanol–water partition coefficient (Wildman–Crippen LogP) is -0.763. The Kier molecular flexibility index (Phi) is 4.40. The van der Waals surface area contributed by atoms with Crippen molar-refractivity contribution in [1.82, 2.24) is 5.48 Å².